The van der Waals surface area contributed by atoms with Crippen molar-refractivity contribution >= 4 is 17.5 Å². The molecule has 1 aromatic heterocycles. The summed E-state index contributed by atoms with van der Waals surface area (Å²) < 4.78 is 38.4. The molecule has 0 unspecified atom stereocenters. The number of rotatable bonds is 4. The number of hydrogen-bond acceptors (Lipinski definition) is 3. The summed E-state index contributed by atoms with van der Waals surface area (Å²) in [6.45, 7) is 0. The molecule has 2 amide bonds. The molecular weight excluding hydrogens is 371 g/mol. The van der Waals surface area contributed by atoms with Crippen molar-refractivity contribution in [2.24, 2.45) is 0 Å². The normalized spacial score (nSPS) is 15.1. The molecule has 1 heterocycles. The minimum atomic E-state index is -4.50. The van der Waals surface area contributed by atoms with Crippen molar-refractivity contribution in [2.75, 3.05) is 5.32 Å². The summed E-state index contributed by atoms with van der Waals surface area (Å²) in [5.41, 5.74) is -0.596. The van der Waals surface area contributed by atoms with Crippen LogP contribution in [0.1, 0.15) is 58.5 Å². The Morgan fingerprint density at radius 3 is 2.46 bits per heavy atom. The van der Waals surface area contributed by atoms with Crippen molar-refractivity contribution in [3.05, 3.63) is 59.4 Å². The van der Waals surface area contributed by atoms with E-state index in [1.54, 1.807) is 0 Å². The lowest BCUT2D eigenvalue weighted by Gasteiger charge is -2.22. The van der Waals surface area contributed by atoms with Gasteiger partial charge in [-0.05, 0) is 43.2 Å². The highest BCUT2D eigenvalue weighted by Crippen LogP contribution is 2.30. The van der Waals surface area contributed by atoms with Crippen LogP contribution < -0.4 is 10.6 Å². The predicted octanol–water partition coefficient (Wildman–Crippen LogP) is 4.42. The number of hydrogen-bond donors (Lipinski definition) is 2. The first-order chi connectivity index (χ1) is 13.3. The smallest absolute Gasteiger partial charge is 0.348 e. The highest BCUT2D eigenvalue weighted by Gasteiger charge is 2.30. The quantitative estimate of drug-likeness (QED) is 0.811. The molecule has 148 valence electrons. The van der Waals surface area contributed by atoms with E-state index in [9.17, 15) is 22.8 Å². The molecule has 0 radical (unpaired) electrons. The van der Waals surface area contributed by atoms with E-state index in [-0.39, 0.29) is 28.9 Å². The Balaban J connectivity index is 1.69. The average Bonchev–Trinajstić information content (AvgIpc) is 2.68. The molecule has 5 nitrogen and oxygen atoms in total. The maximum absolute atomic E-state index is 12.8. The fraction of sp³-hybridized carbons (Fsp3) is 0.350. The Bertz CT molecular complexity index is 862. The minimum Gasteiger partial charge on any atom is -0.348 e. The Hall–Kier alpha value is -2.90. The lowest BCUT2D eigenvalue weighted by atomic mass is 9.95. The molecule has 1 aromatic carbocycles. The molecule has 2 aromatic rings. The van der Waals surface area contributed by atoms with Gasteiger partial charge in [0.1, 0.15) is 5.69 Å². The largest absolute Gasteiger partial charge is 0.416 e. The molecule has 0 aliphatic heterocycles. The van der Waals surface area contributed by atoms with E-state index in [0.717, 1.165) is 44.2 Å². The number of carbonyl (C=O) groups excluding carboxylic acids is 2. The van der Waals surface area contributed by atoms with E-state index in [4.69, 9.17) is 0 Å². The van der Waals surface area contributed by atoms with Crippen LogP contribution in [-0.4, -0.2) is 22.8 Å². The fourth-order valence-corrected chi connectivity index (χ4v) is 3.18. The van der Waals surface area contributed by atoms with Gasteiger partial charge in [0.15, 0.2) is 0 Å². The predicted molar refractivity (Wildman–Crippen MR) is 98.0 cm³/mol. The lowest BCUT2D eigenvalue weighted by molar-refractivity contribution is -0.137. The number of amides is 2. The first-order valence-corrected chi connectivity index (χ1v) is 9.08. The number of benzene rings is 1. The zero-order valence-corrected chi connectivity index (χ0v) is 15.1. The Kier molecular flexibility index (Phi) is 5.96. The maximum atomic E-state index is 12.8. The van der Waals surface area contributed by atoms with Gasteiger partial charge < -0.3 is 10.6 Å². The van der Waals surface area contributed by atoms with Crippen LogP contribution in [0.2, 0.25) is 0 Å². The second-order valence-electron chi connectivity index (χ2n) is 6.77. The highest BCUT2D eigenvalue weighted by atomic mass is 19.4. The van der Waals surface area contributed by atoms with Gasteiger partial charge in [-0.3, -0.25) is 14.6 Å². The molecule has 3 rings (SSSR count). The summed E-state index contributed by atoms with van der Waals surface area (Å²) in [7, 11) is 0. The van der Waals surface area contributed by atoms with Crippen LogP contribution in [0.4, 0.5) is 18.9 Å². The molecule has 0 bridgehead atoms. The van der Waals surface area contributed by atoms with E-state index in [1.807, 2.05) is 0 Å². The molecule has 1 aliphatic rings. The van der Waals surface area contributed by atoms with Crippen LogP contribution >= 0.6 is 0 Å². The summed E-state index contributed by atoms with van der Waals surface area (Å²) in [4.78, 5) is 28.8. The molecule has 0 atom stereocenters. The monoisotopic (exact) mass is 391 g/mol. The standard InChI is InChI=1S/C20H20F3N3O2/c21-20(22,23)14-5-4-8-16(12-14)26-18(27)13-9-10-24-17(11-13)19(28)25-15-6-2-1-3-7-15/h4-5,8-12,15H,1-3,6-7H2,(H,25,28)(H,26,27). The van der Waals surface area contributed by atoms with E-state index in [1.165, 1.54) is 30.5 Å². The van der Waals surface area contributed by atoms with Gasteiger partial charge >= 0.3 is 6.18 Å². The van der Waals surface area contributed by atoms with Crippen molar-refractivity contribution in [3.8, 4) is 0 Å². The van der Waals surface area contributed by atoms with Crippen LogP contribution in [-0.2, 0) is 6.18 Å². The first kappa shape index (κ1) is 19.9. The van der Waals surface area contributed by atoms with Crippen molar-refractivity contribution in [1.29, 1.82) is 0 Å². The van der Waals surface area contributed by atoms with Gasteiger partial charge in [-0.2, -0.15) is 13.2 Å². The molecule has 2 N–H and O–H groups in total. The maximum Gasteiger partial charge on any atom is 0.416 e. The average molecular weight is 391 g/mol. The molecule has 0 saturated heterocycles. The summed E-state index contributed by atoms with van der Waals surface area (Å²) in [6, 6.07) is 7.21. The van der Waals surface area contributed by atoms with Crippen LogP contribution in [0, 0.1) is 0 Å². The third-order valence-corrected chi connectivity index (χ3v) is 4.64. The fourth-order valence-electron chi connectivity index (χ4n) is 3.18. The van der Waals surface area contributed by atoms with Crippen LogP contribution in [0.25, 0.3) is 0 Å². The topological polar surface area (TPSA) is 71.1 Å². The minimum absolute atomic E-state index is 0.0184. The summed E-state index contributed by atoms with van der Waals surface area (Å²) in [5, 5.41) is 5.34. The summed E-state index contributed by atoms with van der Waals surface area (Å²) >= 11 is 0. The molecule has 8 heteroatoms. The van der Waals surface area contributed by atoms with Gasteiger partial charge in [0.05, 0.1) is 5.56 Å². The zero-order chi connectivity index (χ0) is 20.1. The SMILES string of the molecule is O=C(Nc1cccc(C(F)(F)F)c1)c1ccnc(C(=O)NC2CCCCC2)c1. The van der Waals surface area contributed by atoms with Crippen LogP contribution in [0.15, 0.2) is 42.6 Å². The van der Waals surface area contributed by atoms with Crippen molar-refractivity contribution < 1.29 is 22.8 Å². The second-order valence-corrected chi connectivity index (χ2v) is 6.77. The zero-order valence-electron chi connectivity index (χ0n) is 15.1. The number of pyridine rings is 1. The van der Waals surface area contributed by atoms with Gasteiger partial charge in [0, 0.05) is 23.5 Å². The van der Waals surface area contributed by atoms with Crippen molar-refractivity contribution in [3.63, 3.8) is 0 Å². The van der Waals surface area contributed by atoms with E-state index in [0.29, 0.717) is 0 Å². The number of aromatic nitrogens is 1. The highest BCUT2D eigenvalue weighted by molar-refractivity contribution is 6.05. The third kappa shape index (κ3) is 5.09. The molecule has 0 spiro atoms. The molecule has 1 aliphatic carbocycles. The summed E-state index contributed by atoms with van der Waals surface area (Å²) in [6.07, 6.45) is 1.97. The van der Waals surface area contributed by atoms with E-state index in [2.05, 4.69) is 15.6 Å². The first-order valence-electron chi connectivity index (χ1n) is 9.08. The number of nitrogens with zero attached hydrogens (tertiary/aromatic N) is 1. The second kappa shape index (κ2) is 8.41. The van der Waals surface area contributed by atoms with Crippen LogP contribution in [0.5, 0.6) is 0 Å². The molecule has 28 heavy (non-hydrogen) atoms. The Morgan fingerprint density at radius 2 is 1.75 bits per heavy atom. The third-order valence-electron chi connectivity index (χ3n) is 4.64. The Labute approximate surface area is 160 Å². The van der Waals surface area contributed by atoms with Gasteiger partial charge in [0.2, 0.25) is 0 Å². The van der Waals surface area contributed by atoms with Crippen molar-refractivity contribution in [2.45, 2.75) is 44.3 Å². The van der Waals surface area contributed by atoms with Gasteiger partial charge in [-0.15, -0.1) is 0 Å². The molecule has 1 saturated carbocycles. The molecular formula is C20H20F3N3O2. The van der Waals surface area contributed by atoms with Crippen molar-refractivity contribution in [1.82, 2.24) is 10.3 Å². The number of anilines is 1. The van der Waals surface area contributed by atoms with E-state index < -0.39 is 17.6 Å². The van der Waals surface area contributed by atoms with Gasteiger partial charge in [-0.25, -0.2) is 0 Å². The number of nitrogens with one attached hydrogen (secondary N) is 2. The van der Waals surface area contributed by atoms with Gasteiger partial charge in [-0.1, -0.05) is 25.3 Å². The number of alkyl halides is 3. The lowest BCUT2D eigenvalue weighted by Crippen LogP contribution is -2.36. The van der Waals surface area contributed by atoms with E-state index >= 15 is 0 Å². The van der Waals surface area contributed by atoms with Crippen LogP contribution in [0.3, 0.4) is 0 Å². The summed E-state index contributed by atoms with van der Waals surface area (Å²) in [5.74, 6) is -0.978. The number of carbonyl (C=O) groups is 2. The van der Waals surface area contributed by atoms with Gasteiger partial charge in [0.25, 0.3) is 11.8 Å². The number of halogens is 3. The Morgan fingerprint density at radius 1 is 1.00 bits per heavy atom. The molecule has 1 fully saturated rings.